The van der Waals surface area contributed by atoms with Crippen molar-refractivity contribution >= 4 is 9.24 Å². The van der Waals surface area contributed by atoms with Gasteiger partial charge >= 0.3 is 0 Å². The largest absolute Gasteiger partial charge is 0.306 e. The van der Waals surface area contributed by atoms with Gasteiger partial charge in [0.15, 0.2) is 0 Å². The molecule has 2 rings (SSSR count). The van der Waals surface area contributed by atoms with Crippen molar-refractivity contribution in [3.8, 4) is 0 Å². The predicted octanol–water partition coefficient (Wildman–Crippen LogP) is 4.88. The minimum atomic E-state index is 0.386. The zero-order valence-electron chi connectivity index (χ0n) is 13.6. The Kier molecular flexibility index (Phi) is 6.56. The van der Waals surface area contributed by atoms with Crippen molar-refractivity contribution < 1.29 is 0 Å². The third-order valence-electron chi connectivity index (χ3n) is 5.50. The summed E-state index contributed by atoms with van der Waals surface area (Å²) in [5.41, 5.74) is 0. The first-order valence-corrected chi connectivity index (χ1v) is 9.32. The highest BCUT2D eigenvalue weighted by Gasteiger charge is 2.39. The van der Waals surface area contributed by atoms with E-state index in [-0.39, 0.29) is 0 Å². The highest BCUT2D eigenvalue weighted by molar-refractivity contribution is 7.19. The topological polar surface area (TPSA) is 3.24 Å². The van der Waals surface area contributed by atoms with E-state index in [4.69, 9.17) is 0 Å². The van der Waals surface area contributed by atoms with Gasteiger partial charge in [-0.2, -0.15) is 0 Å². The lowest BCUT2D eigenvalue weighted by Crippen LogP contribution is -2.40. The molecule has 1 nitrogen and oxygen atoms in total. The summed E-state index contributed by atoms with van der Waals surface area (Å²) in [6.07, 6.45) is 19.6. The van der Waals surface area contributed by atoms with Crippen molar-refractivity contribution in [2.75, 3.05) is 20.6 Å². The minimum absolute atomic E-state index is 0.386. The lowest BCUT2D eigenvalue weighted by Gasteiger charge is -2.45. The van der Waals surface area contributed by atoms with Crippen molar-refractivity contribution in [3.05, 3.63) is 12.2 Å². The number of rotatable bonds is 5. The summed E-state index contributed by atoms with van der Waals surface area (Å²) in [6.45, 7) is 1.08. The minimum Gasteiger partial charge on any atom is -0.306 e. The van der Waals surface area contributed by atoms with Crippen molar-refractivity contribution in [1.29, 1.82) is 0 Å². The first kappa shape index (κ1) is 16.5. The molecule has 1 atom stereocenters. The van der Waals surface area contributed by atoms with Crippen molar-refractivity contribution in [2.45, 2.75) is 69.4 Å². The molecular formula is C18H34NP. The quantitative estimate of drug-likeness (QED) is 0.516. The Labute approximate surface area is 128 Å². The fourth-order valence-corrected chi connectivity index (χ4v) is 5.08. The van der Waals surface area contributed by atoms with Gasteiger partial charge in [-0.1, -0.05) is 50.7 Å². The number of nitrogens with zero attached hydrogens (tertiary/aromatic N) is 1. The molecule has 0 saturated heterocycles. The van der Waals surface area contributed by atoms with Gasteiger partial charge in [0, 0.05) is 11.7 Å². The van der Waals surface area contributed by atoms with Gasteiger partial charge in [-0.15, -0.1) is 9.24 Å². The van der Waals surface area contributed by atoms with Crippen LogP contribution in [-0.4, -0.2) is 30.7 Å². The predicted molar refractivity (Wildman–Crippen MR) is 93.3 cm³/mol. The molecule has 0 N–H and O–H groups in total. The summed E-state index contributed by atoms with van der Waals surface area (Å²) < 4.78 is 0. The van der Waals surface area contributed by atoms with Crippen LogP contribution < -0.4 is 0 Å². The van der Waals surface area contributed by atoms with Crippen LogP contribution in [0.2, 0.25) is 0 Å². The van der Waals surface area contributed by atoms with Crippen molar-refractivity contribution in [2.24, 2.45) is 11.8 Å². The van der Waals surface area contributed by atoms with E-state index < -0.39 is 0 Å². The lowest BCUT2D eigenvalue weighted by molar-refractivity contribution is 0.208. The molecule has 0 aromatic rings. The molecule has 1 unspecified atom stereocenters. The molecule has 0 bridgehead atoms. The third kappa shape index (κ3) is 4.31. The number of allylic oxidation sites excluding steroid dienone is 1. The van der Waals surface area contributed by atoms with Crippen LogP contribution in [0.25, 0.3) is 0 Å². The molecule has 20 heavy (non-hydrogen) atoms. The number of likely N-dealkylation sites (N-methyl/N-ethyl adjacent to an activating group) is 1. The van der Waals surface area contributed by atoms with E-state index in [1.807, 2.05) is 0 Å². The maximum absolute atomic E-state index is 3.33. The Morgan fingerprint density at radius 3 is 1.75 bits per heavy atom. The molecule has 2 fully saturated rings. The van der Waals surface area contributed by atoms with Crippen LogP contribution in [0, 0.1) is 11.8 Å². The third-order valence-corrected chi connectivity index (χ3v) is 6.64. The number of hydrogen-bond acceptors (Lipinski definition) is 1. The van der Waals surface area contributed by atoms with E-state index in [1.54, 1.807) is 0 Å². The van der Waals surface area contributed by atoms with E-state index in [9.17, 15) is 0 Å². The molecule has 0 spiro atoms. The van der Waals surface area contributed by atoms with Crippen LogP contribution in [0.4, 0.5) is 0 Å². The van der Waals surface area contributed by atoms with Crippen molar-refractivity contribution in [3.63, 3.8) is 0 Å². The first-order chi connectivity index (χ1) is 9.63. The SMILES string of the molecule is CN(C)C/C=C/C(P)(C1CCCCC1)C1CCCCC1. The van der Waals surface area contributed by atoms with E-state index >= 15 is 0 Å². The summed E-state index contributed by atoms with van der Waals surface area (Å²) in [5, 5.41) is 0.386. The summed E-state index contributed by atoms with van der Waals surface area (Å²) in [4.78, 5) is 2.27. The smallest absolute Gasteiger partial charge is 0.0157 e. The molecule has 116 valence electrons. The van der Waals surface area contributed by atoms with Crippen LogP contribution in [-0.2, 0) is 0 Å². The molecule has 0 radical (unpaired) electrons. The van der Waals surface area contributed by atoms with Gasteiger partial charge in [0.2, 0.25) is 0 Å². The Morgan fingerprint density at radius 1 is 0.900 bits per heavy atom. The highest BCUT2D eigenvalue weighted by Crippen LogP contribution is 2.49. The zero-order chi connectivity index (χ0) is 14.4. The van der Waals surface area contributed by atoms with E-state index in [0.717, 1.165) is 18.4 Å². The van der Waals surface area contributed by atoms with Gasteiger partial charge in [-0.25, -0.2) is 0 Å². The van der Waals surface area contributed by atoms with Crippen molar-refractivity contribution in [1.82, 2.24) is 4.90 Å². The molecule has 0 heterocycles. The molecule has 2 aliphatic carbocycles. The average molecular weight is 295 g/mol. The molecule has 0 aromatic carbocycles. The van der Waals surface area contributed by atoms with Crippen LogP contribution in [0.3, 0.4) is 0 Å². The summed E-state index contributed by atoms with van der Waals surface area (Å²) >= 11 is 0. The molecule has 0 aromatic heterocycles. The van der Waals surface area contributed by atoms with Gasteiger partial charge in [-0.05, 0) is 51.6 Å². The van der Waals surface area contributed by atoms with Gasteiger partial charge in [0.25, 0.3) is 0 Å². The Hall–Kier alpha value is 0.130. The van der Waals surface area contributed by atoms with Gasteiger partial charge in [0.1, 0.15) is 0 Å². The second kappa shape index (κ2) is 7.95. The molecule has 0 amide bonds. The van der Waals surface area contributed by atoms with Gasteiger partial charge in [-0.3, -0.25) is 0 Å². The van der Waals surface area contributed by atoms with E-state index in [2.05, 4.69) is 40.4 Å². The second-order valence-electron chi connectivity index (χ2n) is 7.33. The summed E-state index contributed by atoms with van der Waals surface area (Å²) in [7, 11) is 7.65. The first-order valence-electron chi connectivity index (χ1n) is 8.74. The fourth-order valence-electron chi connectivity index (χ4n) is 4.28. The van der Waals surface area contributed by atoms with Crippen LogP contribution in [0.1, 0.15) is 64.2 Å². The average Bonchev–Trinajstić information content (AvgIpc) is 2.48. The van der Waals surface area contributed by atoms with Crippen LogP contribution in [0.5, 0.6) is 0 Å². The molecular weight excluding hydrogens is 261 g/mol. The standard InChI is InChI=1S/C18H34NP/c1-19(2)15-9-14-18(20,16-10-5-3-6-11-16)17-12-7-4-8-13-17/h9,14,16-17H,3-8,10-13,15,20H2,1-2H3/b14-9+. The normalized spacial score (nSPS) is 23.8. The lowest BCUT2D eigenvalue weighted by atomic mass is 9.68. The fraction of sp³-hybridized carbons (Fsp3) is 0.889. The Balaban J connectivity index is 2.09. The molecule has 2 saturated carbocycles. The maximum atomic E-state index is 3.33. The highest BCUT2D eigenvalue weighted by atomic mass is 31.0. The number of hydrogen-bond donors (Lipinski definition) is 0. The molecule has 2 aliphatic rings. The van der Waals surface area contributed by atoms with Gasteiger partial charge in [0.05, 0.1) is 0 Å². The van der Waals surface area contributed by atoms with Crippen LogP contribution >= 0.6 is 9.24 Å². The van der Waals surface area contributed by atoms with E-state index in [0.29, 0.717) is 5.16 Å². The molecule has 0 aliphatic heterocycles. The van der Waals surface area contributed by atoms with Gasteiger partial charge < -0.3 is 4.90 Å². The maximum Gasteiger partial charge on any atom is 0.0157 e. The summed E-state index contributed by atoms with van der Waals surface area (Å²) in [5.74, 6) is 1.81. The zero-order valence-corrected chi connectivity index (χ0v) is 14.8. The Bertz CT molecular complexity index is 281. The molecule has 2 heteroatoms. The summed E-state index contributed by atoms with van der Waals surface area (Å²) in [6, 6.07) is 0. The monoisotopic (exact) mass is 295 g/mol. The van der Waals surface area contributed by atoms with E-state index in [1.165, 1.54) is 64.2 Å². The second-order valence-corrected chi connectivity index (χ2v) is 8.33. The Morgan fingerprint density at radius 2 is 1.35 bits per heavy atom. The van der Waals surface area contributed by atoms with Crippen LogP contribution in [0.15, 0.2) is 12.2 Å².